The van der Waals surface area contributed by atoms with Crippen molar-refractivity contribution in [2.45, 2.75) is 32.1 Å². The van der Waals surface area contributed by atoms with Crippen LogP contribution in [-0.4, -0.2) is 77.3 Å². The van der Waals surface area contributed by atoms with Gasteiger partial charge in [0, 0.05) is 50.2 Å². The monoisotopic (exact) mass is 444 g/mol. The van der Waals surface area contributed by atoms with Crippen LogP contribution in [0.3, 0.4) is 0 Å². The first-order valence-corrected chi connectivity index (χ1v) is 11.9. The van der Waals surface area contributed by atoms with Crippen molar-refractivity contribution in [3.05, 3.63) is 41.2 Å². The lowest BCUT2D eigenvalue weighted by Crippen LogP contribution is -2.52. The highest BCUT2D eigenvalue weighted by molar-refractivity contribution is 7.13. The van der Waals surface area contributed by atoms with Crippen LogP contribution in [0.5, 0.6) is 0 Å². The van der Waals surface area contributed by atoms with Crippen LogP contribution in [0.2, 0.25) is 0 Å². The number of thiazole rings is 1. The molecule has 1 aromatic heterocycles. The van der Waals surface area contributed by atoms with Gasteiger partial charge in [-0.15, -0.1) is 11.3 Å². The number of amides is 2. The predicted molar refractivity (Wildman–Crippen MR) is 119 cm³/mol. The highest BCUT2D eigenvalue weighted by Gasteiger charge is 2.25. The Morgan fingerprint density at radius 3 is 2.19 bits per heavy atom. The van der Waals surface area contributed by atoms with Crippen molar-refractivity contribution < 1.29 is 14.0 Å². The first-order chi connectivity index (χ1) is 15.1. The number of hydrogen-bond acceptors (Lipinski definition) is 5. The summed E-state index contributed by atoms with van der Waals surface area (Å²) in [6.07, 6.45) is 4.91. The number of aromatic nitrogens is 1. The van der Waals surface area contributed by atoms with Gasteiger partial charge in [0.25, 0.3) is 0 Å². The van der Waals surface area contributed by atoms with E-state index in [4.69, 9.17) is 0 Å². The van der Waals surface area contributed by atoms with Crippen molar-refractivity contribution in [1.82, 2.24) is 19.7 Å². The van der Waals surface area contributed by atoms with Gasteiger partial charge in [-0.2, -0.15) is 0 Å². The molecule has 3 heterocycles. The number of likely N-dealkylation sites (tertiary alicyclic amines) is 1. The van der Waals surface area contributed by atoms with Gasteiger partial charge in [-0.1, -0.05) is 12.8 Å². The van der Waals surface area contributed by atoms with Crippen LogP contribution in [0.1, 0.15) is 31.4 Å². The van der Waals surface area contributed by atoms with E-state index in [9.17, 15) is 14.0 Å². The van der Waals surface area contributed by atoms with Crippen LogP contribution in [0.15, 0.2) is 29.6 Å². The molecule has 1 aromatic carbocycles. The Hall–Kier alpha value is -2.32. The van der Waals surface area contributed by atoms with E-state index in [2.05, 4.69) is 9.88 Å². The second kappa shape index (κ2) is 10.3. The molecule has 0 N–H and O–H groups in total. The zero-order valence-electron chi connectivity index (χ0n) is 17.8. The molecule has 166 valence electrons. The lowest BCUT2D eigenvalue weighted by Gasteiger charge is -2.35. The fraction of sp³-hybridized carbons (Fsp3) is 0.522. The Kier molecular flexibility index (Phi) is 7.29. The number of carbonyl (C=O) groups excluding carboxylic acids is 2. The predicted octanol–water partition coefficient (Wildman–Crippen LogP) is 3.04. The Morgan fingerprint density at radius 2 is 1.52 bits per heavy atom. The molecule has 0 bridgehead atoms. The molecule has 2 aliphatic rings. The van der Waals surface area contributed by atoms with Crippen LogP contribution in [0, 0.1) is 5.82 Å². The van der Waals surface area contributed by atoms with Crippen molar-refractivity contribution in [3.63, 3.8) is 0 Å². The molecule has 8 heteroatoms. The van der Waals surface area contributed by atoms with Gasteiger partial charge in [0.2, 0.25) is 11.8 Å². The van der Waals surface area contributed by atoms with E-state index in [-0.39, 0.29) is 24.1 Å². The molecule has 0 atom stereocenters. The molecule has 0 aliphatic carbocycles. The van der Waals surface area contributed by atoms with E-state index in [1.165, 1.54) is 36.3 Å². The van der Waals surface area contributed by atoms with Gasteiger partial charge >= 0.3 is 0 Å². The molecule has 0 spiro atoms. The average Bonchev–Trinajstić information content (AvgIpc) is 3.06. The lowest BCUT2D eigenvalue weighted by atomic mass is 10.2. The van der Waals surface area contributed by atoms with Crippen molar-refractivity contribution in [3.8, 4) is 10.6 Å². The summed E-state index contributed by atoms with van der Waals surface area (Å²) in [7, 11) is 0. The van der Waals surface area contributed by atoms with Crippen LogP contribution in [0.25, 0.3) is 10.6 Å². The van der Waals surface area contributed by atoms with E-state index in [1.807, 2.05) is 15.2 Å². The summed E-state index contributed by atoms with van der Waals surface area (Å²) in [5.41, 5.74) is 1.60. The molecular weight excluding hydrogens is 415 g/mol. The fourth-order valence-electron chi connectivity index (χ4n) is 4.15. The van der Waals surface area contributed by atoms with E-state index in [0.717, 1.165) is 55.3 Å². The van der Waals surface area contributed by atoms with Crippen molar-refractivity contribution in [2.75, 3.05) is 45.8 Å². The number of nitrogens with zero attached hydrogens (tertiary/aromatic N) is 4. The molecule has 2 fully saturated rings. The number of piperazine rings is 1. The standard InChI is InChI=1S/C23H29FN4O2S/c24-19-7-5-18(6-8-19)23-25-20(17-31-23)15-21(29)28-13-11-26(12-14-28)16-22(30)27-9-3-1-2-4-10-27/h5-8,17H,1-4,9-16H2. The first-order valence-electron chi connectivity index (χ1n) is 11.1. The molecule has 2 saturated heterocycles. The molecule has 2 aliphatic heterocycles. The number of halogens is 1. The van der Waals surface area contributed by atoms with E-state index >= 15 is 0 Å². The highest BCUT2D eigenvalue weighted by Crippen LogP contribution is 2.24. The minimum Gasteiger partial charge on any atom is -0.342 e. The van der Waals surface area contributed by atoms with Gasteiger partial charge in [0.1, 0.15) is 10.8 Å². The van der Waals surface area contributed by atoms with Crippen LogP contribution in [0.4, 0.5) is 4.39 Å². The third kappa shape index (κ3) is 5.89. The minimum absolute atomic E-state index is 0.0643. The van der Waals surface area contributed by atoms with Gasteiger partial charge in [-0.05, 0) is 37.1 Å². The summed E-state index contributed by atoms with van der Waals surface area (Å²) in [4.78, 5) is 35.9. The molecule has 2 amide bonds. The normalized spacial score (nSPS) is 18.1. The zero-order chi connectivity index (χ0) is 21.6. The van der Waals surface area contributed by atoms with Gasteiger partial charge in [-0.3, -0.25) is 14.5 Å². The summed E-state index contributed by atoms with van der Waals surface area (Å²) in [6, 6.07) is 6.23. The Balaban J connectivity index is 1.24. The van der Waals surface area contributed by atoms with E-state index < -0.39 is 0 Å². The molecule has 6 nitrogen and oxygen atoms in total. The SMILES string of the molecule is O=C(Cc1csc(-c2ccc(F)cc2)n1)N1CCN(CC(=O)N2CCCCCC2)CC1. The maximum Gasteiger partial charge on any atom is 0.236 e. The zero-order valence-corrected chi connectivity index (χ0v) is 18.6. The molecule has 0 radical (unpaired) electrons. The highest BCUT2D eigenvalue weighted by atomic mass is 32.1. The maximum absolute atomic E-state index is 13.1. The summed E-state index contributed by atoms with van der Waals surface area (Å²) < 4.78 is 13.1. The van der Waals surface area contributed by atoms with E-state index in [1.54, 1.807) is 12.1 Å². The van der Waals surface area contributed by atoms with Crippen molar-refractivity contribution >= 4 is 23.2 Å². The lowest BCUT2D eigenvalue weighted by molar-refractivity contribution is -0.134. The van der Waals surface area contributed by atoms with Gasteiger partial charge in [0.05, 0.1) is 18.7 Å². The molecule has 2 aromatic rings. The summed E-state index contributed by atoms with van der Waals surface area (Å²) >= 11 is 1.46. The molecule has 4 rings (SSSR count). The Bertz CT molecular complexity index is 885. The molecule has 0 saturated carbocycles. The van der Waals surface area contributed by atoms with Gasteiger partial charge in [-0.25, -0.2) is 9.37 Å². The quantitative estimate of drug-likeness (QED) is 0.711. The number of hydrogen-bond donors (Lipinski definition) is 0. The first kappa shape index (κ1) is 21.9. The second-order valence-electron chi connectivity index (χ2n) is 8.28. The van der Waals surface area contributed by atoms with Gasteiger partial charge in [0.15, 0.2) is 0 Å². The summed E-state index contributed by atoms with van der Waals surface area (Å²) in [6.45, 7) is 4.94. The van der Waals surface area contributed by atoms with Crippen LogP contribution >= 0.6 is 11.3 Å². The van der Waals surface area contributed by atoms with Crippen molar-refractivity contribution in [2.24, 2.45) is 0 Å². The van der Waals surface area contributed by atoms with Crippen LogP contribution in [-0.2, 0) is 16.0 Å². The van der Waals surface area contributed by atoms with Gasteiger partial charge < -0.3 is 9.80 Å². The smallest absolute Gasteiger partial charge is 0.236 e. The molecular formula is C23H29FN4O2S. The third-order valence-electron chi connectivity index (χ3n) is 6.02. The average molecular weight is 445 g/mol. The molecule has 31 heavy (non-hydrogen) atoms. The number of carbonyl (C=O) groups is 2. The largest absolute Gasteiger partial charge is 0.342 e. The van der Waals surface area contributed by atoms with Crippen molar-refractivity contribution in [1.29, 1.82) is 0 Å². The maximum atomic E-state index is 13.1. The summed E-state index contributed by atoms with van der Waals surface area (Å²) in [5, 5.41) is 2.69. The third-order valence-corrected chi connectivity index (χ3v) is 6.96. The summed E-state index contributed by atoms with van der Waals surface area (Å²) in [5.74, 6) is 0.00917. The minimum atomic E-state index is -0.275. The number of rotatable bonds is 5. The van der Waals surface area contributed by atoms with E-state index in [0.29, 0.717) is 19.6 Å². The second-order valence-corrected chi connectivity index (χ2v) is 9.14. The topological polar surface area (TPSA) is 56.8 Å². The number of benzene rings is 1. The fourth-order valence-corrected chi connectivity index (χ4v) is 4.97. The Labute approximate surface area is 186 Å². The Morgan fingerprint density at radius 1 is 0.871 bits per heavy atom. The molecule has 0 unspecified atom stereocenters. The van der Waals surface area contributed by atoms with Crippen LogP contribution < -0.4 is 0 Å².